The maximum absolute atomic E-state index is 12.6. The standard InChI is InChI=1S/C20H20N2O3/c1-3-12-25-18-10-9-17(16-8-5-11-21-19(16)18)22-20(23)14-6-4-7-15(13-14)24-2/h4-11,13H,3,12H2,1-2H3,(H,22,23). The number of ether oxygens (including phenoxy) is 2. The third kappa shape index (κ3) is 3.71. The second kappa shape index (κ2) is 7.66. The molecule has 0 fully saturated rings. The van der Waals surface area contributed by atoms with Crippen LogP contribution in [-0.4, -0.2) is 24.6 Å². The van der Waals surface area contributed by atoms with Crippen molar-refractivity contribution >= 4 is 22.5 Å². The number of pyridine rings is 1. The van der Waals surface area contributed by atoms with Crippen LogP contribution in [0.1, 0.15) is 23.7 Å². The number of hydrogen-bond acceptors (Lipinski definition) is 4. The number of rotatable bonds is 6. The van der Waals surface area contributed by atoms with Gasteiger partial charge in [0, 0.05) is 17.1 Å². The number of methoxy groups -OCH3 is 1. The lowest BCUT2D eigenvalue weighted by atomic mass is 10.1. The van der Waals surface area contributed by atoms with Crippen LogP contribution in [0, 0.1) is 0 Å². The molecule has 0 aliphatic heterocycles. The highest BCUT2D eigenvalue weighted by atomic mass is 16.5. The molecule has 25 heavy (non-hydrogen) atoms. The summed E-state index contributed by atoms with van der Waals surface area (Å²) in [6.07, 6.45) is 2.64. The van der Waals surface area contributed by atoms with Gasteiger partial charge < -0.3 is 14.8 Å². The van der Waals surface area contributed by atoms with Crippen molar-refractivity contribution in [2.45, 2.75) is 13.3 Å². The number of amides is 1. The summed E-state index contributed by atoms with van der Waals surface area (Å²) in [5.74, 6) is 1.16. The Hall–Kier alpha value is -3.08. The summed E-state index contributed by atoms with van der Waals surface area (Å²) in [5.41, 5.74) is 1.96. The Morgan fingerprint density at radius 3 is 2.84 bits per heavy atom. The van der Waals surface area contributed by atoms with Gasteiger partial charge in [0.15, 0.2) is 0 Å². The minimum absolute atomic E-state index is 0.203. The molecule has 0 atom stereocenters. The average Bonchev–Trinajstić information content (AvgIpc) is 2.67. The van der Waals surface area contributed by atoms with E-state index in [1.807, 2.05) is 24.3 Å². The summed E-state index contributed by atoms with van der Waals surface area (Å²) in [7, 11) is 1.57. The SMILES string of the molecule is CCCOc1ccc(NC(=O)c2cccc(OC)c2)c2cccnc12. The van der Waals surface area contributed by atoms with Gasteiger partial charge in [-0.2, -0.15) is 0 Å². The minimum Gasteiger partial charge on any atom is -0.497 e. The van der Waals surface area contributed by atoms with Crippen LogP contribution >= 0.6 is 0 Å². The fraction of sp³-hybridized carbons (Fsp3) is 0.200. The first-order chi connectivity index (χ1) is 12.2. The van der Waals surface area contributed by atoms with E-state index in [1.165, 1.54) is 0 Å². The van der Waals surface area contributed by atoms with Crippen molar-refractivity contribution in [3.05, 3.63) is 60.3 Å². The molecule has 0 saturated heterocycles. The predicted molar refractivity (Wildman–Crippen MR) is 98.5 cm³/mol. The number of anilines is 1. The molecule has 5 nitrogen and oxygen atoms in total. The molecule has 128 valence electrons. The molecule has 3 rings (SSSR count). The van der Waals surface area contributed by atoms with Gasteiger partial charge in [0.1, 0.15) is 17.0 Å². The number of benzene rings is 2. The first-order valence-electron chi connectivity index (χ1n) is 8.19. The number of nitrogens with one attached hydrogen (secondary N) is 1. The normalized spacial score (nSPS) is 10.5. The van der Waals surface area contributed by atoms with Crippen LogP contribution in [0.25, 0.3) is 10.9 Å². The smallest absolute Gasteiger partial charge is 0.255 e. The van der Waals surface area contributed by atoms with E-state index in [0.717, 1.165) is 23.1 Å². The first-order valence-corrected chi connectivity index (χ1v) is 8.19. The fourth-order valence-corrected chi connectivity index (χ4v) is 2.54. The van der Waals surface area contributed by atoms with Gasteiger partial charge in [0.2, 0.25) is 0 Å². The topological polar surface area (TPSA) is 60.5 Å². The summed E-state index contributed by atoms with van der Waals surface area (Å²) in [5, 5.41) is 3.79. The van der Waals surface area contributed by atoms with Gasteiger partial charge in [-0.15, -0.1) is 0 Å². The molecule has 0 saturated carbocycles. The maximum Gasteiger partial charge on any atom is 0.255 e. The van der Waals surface area contributed by atoms with Crippen molar-refractivity contribution in [1.82, 2.24) is 4.98 Å². The third-order valence-corrected chi connectivity index (χ3v) is 3.77. The Morgan fingerprint density at radius 1 is 1.16 bits per heavy atom. The molecule has 0 spiro atoms. The van der Waals surface area contributed by atoms with Crippen molar-refractivity contribution in [3.8, 4) is 11.5 Å². The van der Waals surface area contributed by atoms with Crippen LogP contribution in [0.15, 0.2) is 54.7 Å². The van der Waals surface area contributed by atoms with Crippen LogP contribution in [0.4, 0.5) is 5.69 Å². The Bertz CT molecular complexity index is 893. The largest absolute Gasteiger partial charge is 0.497 e. The summed E-state index contributed by atoms with van der Waals surface area (Å²) in [6.45, 7) is 2.68. The fourth-order valence-electron chi connectivity index (χ4n) is 2.54. The molecule has 1 heterocycles. The second-order valence-electron chi connectivity index (χ2n) is 5.55. The van der Waals surface area contributed by atoms with Gasteiger partial charge in [-0.3, -0.25) is 9.78 Å². The average molecular weight is 336 g/mol. The molecule has 3 aromatic rings. The number of nitrogens with zero attached hydrogens (tertiary/aromatic N) is 1. The van der Waals surface area contributed by atoms with Crippen molar-refractivity contribution in [2.75, 3.05) is 19.0 Å². The van der Waals surface area contributed by atoms with Crippen molar-refractivity contribution in [3.63, 3.8) is 0 Å². The highest BCUT2D eigenvalue weighted by Gasteiger charge is 2.12. The molecular weight excluding hydrogens is 316 g/mol. The molecule has 0 aliphatic carbocycles. The van der Waals surface area contributed by atoms with E-state index in [2.05, 4.69) is 17.2 Å². The number of aromatic nitrogens is 1. The number of fused-ring (bicyclic) bond motifs is 1. The zero-order valence-corrected chi connectivity index (χ0v) is 14.3. The van der Waals surface area contributed by atoms with E-state index in [9.17, 15) is 4.79 Å². The summed E-state index contributed by atoms with van der Waals surface area (Å²) >= 11 is 0. The van der Waals surface area contributed by atoms with Gasteiger partial charge >= 0.3 is 0 Å². The van der Waals surface area contributed by atoms with Gasteiger partial charge in [-0.05, 0) is 48.9 Å². The lowest BCUT2D eigenvalue weighted by Crippen LogP contribution is -2.12. The van der Waals surface area contributed by atoms with Crippen LogP contribution in [0.5, 0.6) is 11.5 Å². The van der Waals surface area contributed by atoms with E-state index < -0.39 is 0 Å². The van der Waals surface area contributed by atoms with Crippen LogP contribution in [0.2, 0.25) is 0 Å². The highest BCUT2D eigenvalue weighted by Crippen LogP contribution is 2.30. The van der Waals surface area contributed by atoms with E-state index in [4.69, 9.17) is 9.47 Å². The van der Waals surface area contributed by atoms with E-state index in [1.54, 1.807) is 37.6 Å². The molecule has 0 aliphatic rings. The molecule has 0 radical (unpaired) electrons. The third-order valence-electron chi connectivity index (χ3n) is 3.77. The molecule has 0 bridgehead atoms. The van der Waals surface area contributed by atoms with Gasteiger partial charge in [-0.25, -0.2) is 0 Å². The lowest BCUT2D eigenvalue weighted by Gasteiger charge is -2.12. The van der Waals surface area contributed by atoms with Crippen molar-refractivity contribution in [1.29, 1.82) is 0 Å². The van der Waals surface area contributed by atoms with Crippen molar-refractivity contribution < 1.29 is 14.3 Å². The molecular formula is C20H20N2O3. The molecule has 1 N–H and O–H groups in total. The van der Waals surface area contributed by atoms with Crippen molar-refractivity contribution in [2.24, 2.45) is 0 Å². The van der Waals surface area contributed by atoms with E-state index in [-0.39, 0.29) is 5.91 Å². The highest BCUT2D eigenvalue weighted by molar-refractivity contribution is 6.09. The molecule has 2 aromatic carbocycles. The minimum atomic E-state index is -0.203. The first kappa shape index (κ1) is 16.8. The number of carbonyl (C=O) groups excluding carboxylic acids is 1. The van der Waals surface area contributed by atoms with Crippen LogP contribution in [-0.2, 0) is 0 Å². The van der Waals surface area contributed by atoms with Gasteiger partial charge in [0.25, 0.3) is 5.91 Å². The number of hydrogen-bond donors (Lipinski definition) is 1. The summed E-state index contributed by atoms with van der Waals surface area (Å²) < 4.78 is 10.9. The van der Waals surface area contributed by atoms with E-state index in [0.29, 0.717) is 23.6 Å². The molecule has 1 aromatic heterocycles. The number of carbonyl (C=O) groups is 1. The molecule has 5 heteroatoms. The summed E-state index contributed by atoms with van der Waals surface area (Å²) in [6, 6.07) is 14.5. The Balaban J connectivity index is 1.92. The Labute approximate surface area is 146 Å². The monoisotopic (exact) mass is 336 g/mol. The van der Waals surface area contributed by atoms with Crippen LogP contribution in [0.3, 0.4) is 0 Å². The van der Waals surface area contributed by atoms with E-state index >= 15 is 0 Å². The summed E-state index contributed by atoms with van der Waals surface area (Å²) in [4.78, 5) is 17.0. The second-order valence-corrected chi connectivity index (χ2v) is 5.55. The predicted octanol–water partition coefficient (Wildman–Crippen LogP) is 4.28. The zero-order valence-electron chi connectivity index (χ0n) is 14.3. The van der Waals surface area contributed by atoms with Crippen LogP contribution < -0.4 is 14.8 Å². The zero-order chi connectivity index (χ0) is 17.6. The lowest BCUT2D eigenvalue weighted by molar-refractivity contribution is 0.102. The quantitative estimate of drug-likeness (QED) is 0.730. The maximum atomic E-state index is 12.6. The molecule has 0 unspecified atom stereocenters. The Morgan fingerprint density at radius 2 is 2.04 bits per heavy atom. The van der Waals surface area contributed by atoms with Gasteiger partial charge in [-0.1, -0.05) is 13.0 Å². The Kier molecular flexibility index (Phi) is 5.14. The van der Waals surface area contributed by atoms with Gasteiger partial charge in [0.05, 0.1) is 19.4 Å². The molecule has 1 amide bonds.